The number of nitrogens with zero attached hydrogens (tertiary/aromatic N) is 3. The van der Waals surface area contributed by atoms with Gasteiger partial charge in [-0.25, -0.2) is 0 Å². The molecule has 2 saturated heterocycles. The van der Waals surface area contributed by atoms with Gasteiger partial charge in [0, 0.05) is 68.3 Å². The predicted octanol–water partition coefficient (Wildman–Crippen LogP) is 3.17. The molecule has 29 heavy (non-hydrogen) atoms. The number of halogens is 2. The topological polar surface area (TPSA) is 57.2 Å². The molecule has 8 heteroatoms. The minimum atomic E-state index is -0.165. The van der Waals surface area contributed by atoms with Gasteiger partial charge in [0.1, 0.15) is 0 Å². The molecule has 1 amide bonds. The Kier molecular flexibility index (Phi) is 7.66. The minimum Gasteiger partial charge on any atom is -0.381 e. The zero-order valence-corrected chi connectivity index (χ0v) is 18.7. The monoisotopic (exact) mass is 440 g/mol. The molecule has 0 unspecified atom stereocenters. The molecule has 0 radical (unpaired) electrons. The Balaban J connectivity index is 1.81. The molecule has 0 bridgehead atoms. The van der Waals surface area contributed by atoms with Gasteiger partial charge < -0.3 is 19.9 Å². The first kappa shape index (κ1) is 22.2. The van der Waals surface area contributed by atoms with E-state index in [1.807, 2.05) is 23.1 Å². The molecular weight excluding hydrogens is 411 g/mol. The van der Waals surface area contributed by atoms with Crippen LogP contribution in [0, 0.1) is 0 Å². The van der Waals surface area contributed by atoms with E-state index in [4.69, 9.17) is 32.9 Å². The molecule has 0 aliphatic carbocycles. The number of piperazine rings is 1. The van der Waals surface area contributed by atoms with Gasteiger partial charge in [-0.05, 0) is 37.5 Å². The van der Waals surface area contributed by atoms with Crippen LogP contribution in [0.4, 0.5) is 0 Å². The largest absolute Gasteiger partial charge is 0.381 e. The normalized spacial score (nSPS) is 19.9. The molecule has 2 aliphatic heterocycles. The van der Waals surface area contributed by atoms with Crippen molar-refractivity contribution >= 4 is 35.1 Å². The second-order valence-corrected chi connectivity index (χ2v) is 8.52. The highest BCUT2D eigenvalue weighted by Gasteiger charge is 2.36. The lowest BCUT2D eigenvalue weighted by atomic mass is 9.74. The van der Waals surface area contributed by atoms with Crippen LogP contribution in [0.1, 0.15) is 32.3 Å². The van der Waals surface area contributed by atoms with Gasteiger partial charge in [-0.3, -0.25) is 9.79 Å². The molecule has 2 aliphatic rings. The fourth-order valence-electron chi connectivity index (χ4n) is 4.08. The van der Waals surface area contributed by atoms with E-state index >= 15 is 0 Å². The van der Waals surface area contributed by atoms with Crippen LogP contribution in [0.15, 0.2) is 23.2 Å². The molecular formula is C21H30Cl2N4O2. The molecule has 3 rings (SSSR count). The van der Waals surface area contributed by atoms with E-state index in [0.717, 1.165) is 57.1 Å². The Morgan fingerprint density at radius 1 is 1.17 bits per heavy atom. The number of hydrogen-bond donors (Lipinski definition) is 1. The second-order valence-electron chi connectivity index (χ2n) is 7.68. The SMILES string of the molecule is CCNC(=NCC1(c2ccc(Cl)cc2Cl)CCOCC1)N1CCN(C(C)=O)CC1. The summed E-state index contributed by atoms with van der Waals surface area (Å²) in [6, 6.07) is 5.74. The summed E-state index contributed by atoms with van der Waals surface area (Å²) in [6.07, 6.45) is 1.74. The van der Waals surface area contributed by atoms with Crippen LogP contribution in [-0.2, 0) is 14.9 Å². The number of aliphatic imine (C=N–C) groups is 1. The highest BCUT2D eigenvalue weighted by atomic mass is 35.5. The van der Waals surface area contributed by atoms with Gasteiger partial charge in [0.25, 0.3) is 0 Å². The van der Waals surface area contributed by atoms with Crippen LogP contribution in [0.2, 0.25) is 10.0 Å². The Morgan fingerprint density at radius 2 is 1.83 bits per heavy atom. The highest BCUT2D eigenvalue weighted by molar-refractivity contribution is 6.35. The van der Waals surface area contributed by atoms with Crippen molar-refractivity contribution in [3.05, 3.63) is 33.8 Å². The predicted molar refractivity (Wildman–Crippen MR) is 118 cm³/mol. The number of carbonyl (C=O) groups is 1. The molecule has 1 aromatic carbocycles. The first-order chi connectivity index (χ1) is 13.9. The Hall–Kier alpha value is -1.50. The summed E-state index contributed by atoms with van der Waals surface area (Å²) in [7, 11) is 0. The number of nitrogens with one attached hydrogen (secondary N) is 1. The summed E-state index contributed by atoms with van der Waals surface area (Å²) in [4.78, 5) is 20.8. The number of carbonyl (C=O) groups excluding carboxylic acids is 1. The minimum absolute atomic E-state index is 0.130. The lowest BCUT2D eigenvalue weighted by Crippen LogP contribution is -2.53. The van der Waals surface area contributed by atoms with Gasteiger partial charge in [0.2, 0.25) is 5.91 Å². The molecule has 6 nitrogen and oxygen atoms in total. The Bertz CT molecular complexity index is 742. The average Bonchev–Trinajstić information content (AvgIpc) is 2.72. The van der Waals surface area contributed by atoms with E-state index in [0.29, 0.717) is 29.8 Å². The third kappa shape index (κ3) is 5.36. The van der Waals surface area contributed by atoms with E-state index in [-0.39, 0.29) is 11.3 Å². The molecule has 0 saturated carbocycles. The van der Waals surface area contributed by atoms with E-state index in [9.17, 15) is 4.79 Å². The Morgan fingerprint density at radius 3 is 2.41 bits per heavy atom. The average molecular weight is 441 g/mol. The van der Waals surface area contributed by atoms with Gasteiger partial charge in [0.05, 0.1) is 6.54 Å². The van der Waals surface area contributed by atoms with E-state index in [2.05, 4.69) is 17.1 Å². The van der Waals surface area contributed by atoms with Crippen molar-refractivity contribution in [1.29, 1.82) is 0 Å². The highest BCUT2D eigenvalue weighted by Crippen LogP contribution is 2.40. The maximum Gasteiger partial charge on any atom is 0.219 e. The second kappa shape index (κ2) is 10.0. The van der Waals surface area contributed by atoms with Gasteiger partial charge in [0.15, 0.2) is 5.96 Å². The summed E-state index contributed by atoms with van der Waals surface area (Å²) in [5.74, 6) is 1.02. The summed E-state index contributed by atoms with van der Waals surface area (Å²) < 4.78 is 5.63. The summed E-state index contributed by atoms with van der Waals surface area (Å²) >= 11 is 12.7. The first-order valence-electron chi connectivity index (χ1n) is 10.3. The fraction of sp³-hybridized carbons (Fsp3) is 0.619. The van der Waals surface area contributed by atoms with E-state index < -0.39 is 0 Å². The van der Waals surface area contributed by atoms with Crippen LogP contribution in [0.3, 0.4) is 0 Å². The number of hydrogen-bond acceptors (Lipinski definition) is 3. The fourth-order valence-corrected chi connectivity index (χ4v) is 4.69. The molecule has 1 N–H and O–H groups in total. The molecule has 0 aromatic heterocycles. The van der Waals surface area contributed by atoms with Crippen LogP contribution >= 0.6 is 23.2 Å². The smallest absolute Gasteiger partial charge is 0.219 e. The van der Waals surface area contributed by atoms with Crippen molar-refractivity contribution in [1.82, 2.24) is 15.1 Å². The van der Waals surface area contributed by atoms with Gasteiger partial charge in [-0.15, -0.1) is 0 Å². The molecule has 160 valence electrons. The maximum absolute atomic E-state index is 11.6. The quantitative estimate of drug-likeness (QED) is 0.576. The standard InChI is InChI=1S/C21H30Cl2N4O2/c1-3-24-20(27-10-8-26(9-11-27)16(2)28)25-15-21(6-12-29-13-7-21)18-5-4-17(22)14-19(18)23/h4-5,14H,3,6-13,15H2,1-2H3,(H,24,25). The van der Waals surface area contributed by atoms with Crippen molar-refractivity contribution in [2.75, 3.05) is 52.5 Å². The lowest BCUT2D eigenvalue weighted by molar-refractivity contribution is -0.130. The van der Waals surface area contributed by atoms with Crippen LogP contribution in [0.25, 0.3) is 0 Å². The molecule has 0 spiro atoms. The maximum atomic E-state index is 11.6. The Labute approximate surface area is 183 Å². The number of amides is 1. The first-order valence-corrected chi connectivity index (χ1v) is 11.0. The third-order valence-electron chi connectivity index (χ3n) is 5.84. The van der Waals surface area contributed by atoms with Crippen molar-refractivity contribution in [2.45, 2.75) is 32.1 Å². The summed E-state index contributed by atoms with van der Waals surface area (Å²) in [5, 5.41) is 4.74. The van der Waals surface area contributed by atoms with E-state index in [1.165, 1.54) is 0 Å². The molecule has 0 atom stereocenters. The van der Waals surface area contributed by atoms with Crippen LogP contribution in [0.5, 0.6) is 0 Å². The van der Waals surface area contributed by atoms with Gasteiger partial charge in [-0.1, -0.05) is 29.3 Å². The zero-order valence-electron chi connectivity index (χ0n) is 17.2. The van der Waals surface area contributed by atoms with Gasteiger partial charge in [-0.2, -0.15) is 0 Å². The number of rotatable bonds is 4. The van der Waals surface area contributed by atoms with Gasteiger partial charge >= 0.3 is 0 Å². The summed E-state index contributed by atoms with van der Waals surface area (Å²) in [5.41, 5.74) is 0.926. The third-order valence-corrected chi connectivity index (χ3v) is 6.39. The molecule has 2 fully saturated rings. The van der Waals surface area contributed by atoms with Crippen molar-refractivity contribution in [3.8, 4) is 0 Å². The molecule has 2 heterocycles. The number of benzene rings is 1. The number of ether oxygens (including phenoxy) is 1. The number of guanidine groups is 1. The zero-order chi connectivity index (χ0) is 20.9. The molecule has 1 aromatic rings. The van der Waals surface area contributed by atoms with Crippen LogP contribution in [-0.4, -0.2) is 74.1 Å². The summed E-state index contributed by atoms with van der Waals surface area (Å²) in [6.45, 7) is 9.53. The van der Waals surface area contributed by atoms with Crippen LogP contribution < -0.4 is 5.32 Å². The van der Waals surface area contributed by atoms with Crippen molar-refractivity contribution in [3.63, 3.8) is 0 Å². The van der Waals surface area contributed by atoms with E-state index in [1.54, 1.807) is 6.92 Å². The van der Waals surface area contributed by atoms with Crippen molar-refractivity contribution in [2.24, 2.45) is 4.99 Å². The van der Waals surface area contributed by atoms with Crippen molar-refractivity contribution < 1.29 is 9.53 Å². The lowest BCUT2D eigenvalue weighted by Gasteiger charge is -2.39.